The van der Waals surface area contributed by atoms with E-state index in [0.29, 0.717) is 33.9 Å². The summed E-state index contributed by atoms with van der Waals surface area (Å²) in [5, 5.41) is 21.6. The Hall–Kier alpha value is -2.80. The molecule has 7 heteroatoms. The molecular weight excluding hydrogens is 472 g/mol. The Morgan fingerprint density at radius 2 is 1.59 bits per heavy atom. The van der Waals surface area contributed by atoms with Gasteiger partial charge in [-0.2, -0.15) is 0 Å². The van der Waals surface area contributed by atoms with Crippen LogP contribution in [0.15, 0.2) is 77.7 Å². The molecule has 0 radical (unpaired) electrons. The maximum Gasteiger partial charge on any atom is 0.338 e. The minimum Gasteiger partial charge on any atom is -0.481 e. The molecule has 3 aromatic carbocycles. The number of hydrogen-bond acceptors (Lipinski definition) is 5. The second kappa shape index (κ2) is 10.6. The first-order valence-corrected chi connectivity index (χ1v) is 12.3. The van der Waals surface area contributed by atoms with Gasteiger partial charge in [0.25, 0.3) is 0 Å². The minimum absolute atomic E-state index is 0.267. The van der Waals surface area contributed by atoms with Crippen molar-refractivity contribution in [2.24, 2.45) is 11.8 Å². The third kappa shape index (κ3) is 5.14. The highest BCUT2D eigenvalue weighted by atomic mass is 35.5. The highest BCUT2D eigenvalue weighted by Crippen LogP contribution is 2.48. The van der Waals surface area contributed by atoms with Crippen molar-refractivity contribution in [1.29, 1.82) is 0 Å². The Morgan fingerprint density at radius 3 is 2.21 bits per heavy atom. The van der Waals surface area contributed by atoms with Gasteiger partial charge in [-0.05, 0) is 53.8 Å². The van der Waals surface area contributed by atoms with Crippen molar-refractivity contribution in [2.45, 2.75) is 29.1 Å². The van der Waals surface area contributed by atoms with Crippen molar-refractivity contribution >= 4 is 35.3 Å². The Balaban J connectivity index is 1.53. The Kier molecular flexibility index (Phi) is 7.61. The van der Waals surface area contributed by atoms with Gasteiger partial charge in [0, 0.05) is 21.1 Å². The van der Waals surface area contributed by atoms with Crippen molar-refractivity contribution in [3.63, 3.8) is 0 Å². The van der Waals surface area contributed by atoms with E-state index in [1.165, 1.54) is 18.9 Å². The maximum atomic E-state index is 12.3. The third-order valence-corrected chi connectivity index (χ3v) is 8.03. The van der Waals surface area contributed by atoms with Crippen LogP contribution in [0.3, 0.4) is 0 Å². The average Bonchev–Trinajstić information content (AvgIpc) is 3.28. The number of carbonyl (C=O) groups is 2. The fraction of sp³-hybridized carbons (Fsp3) is 0.259. The number of thioether (sulfide) groups is 1. The van der Waals surface area contributed by atoms with Crippen LogP contribution in [0.25, 0.3) is 11.1 Å². The fourth-order valence-corrected chi connectivity index (χ4v) is 6.20. The summed E-state index contributed by atoms with van der Waals surface area (Å²) in [4.78, 5) is 25.1. The number of carboxylic acid groups (broad SMARTS) is 1. The highest BCUT2D eigenvalue weighted by molar-refractivity contribution is 8.00. The van der Waals surface area contributed by atoms with E-state index >= 15 is 0 Å². The van der Waals surface area contributed by atoms with E-state index in [1.807, 2.05) is 54.6 Å². The number of carboxylic acids is 1. The predicted octanol–water partition coefficient (Wildman–Crippen LogP) is 6.10. The molecule has 1 saturated carbocycles. The average molecular weight is 497 g/mol. The van der Waals surface area contributed by atoms with Crippen LogP contribution in [0, 0.1) is 11.8 Å². The number of hydrogen-bond donors (Lipinski definition) is 2. The van der Waals surface area contributed by atoms with Gasteiger partial charge in [0.15, 0.2) is 0 Å². The van der Waals surface area contributed by atoms with E-state index in [1.54, 1.807) is 18.2 Å². The summed E-state index contributed by atoms with van der Waals surface area (Å²) in [6.07, 6.45) is 0.304. The van der Waals surface area contributed by atoms with E-state index in [9.17, 15) is 19.8 Å². The Bertz CT molecular complexity index is 1160. The summed E-state index contributed by atoms with van der Waals surface area (Å²) in [5.74, 6) is -2.57. The minimum atomic E-state index is -0.938. The summed E-state index contributed by atoms with van der Waals surface area (Å²) < 4.78 is 4.87. The zero-order valence-corrected chi connectivity index (χ0v) is 20.1. The zero-order chi connectivity index (χ0) is 24.2. The smallest absolute Gasteiger partial charge is 0.338 e. The number of aliphatic carboxylic acids is 1. The van der Waals surface area contributed by atoms with Gasteiger partial charge in [-0.3, -0.25) is 4.79 Å². The molecule has 1 aliphatic carbocycles. The van der Waals surface area contributed by atoms with Gasteiger partial charge in [0.1, 0.15) is 0 Å². The van der Waals surface area contributed by atoms with Gasteiger partial charge in [0.05, 0.1) is 24.7 Å². The number of halogens is 1. The van der Waals surface area contributed by atoms with Crippen molar-refractivity contribution < 1.29 is 24.5 Å². The van der Waals surface area contributed by atoms with Crippen LogP contribution >= 0.6 is 23.4 Å². The van der Waals surface area contributed by atoms with Crippen LogP contribution in [0.4, 0.5) is 0 Å². The normalized spacial score (nSPS) is 20.6. The number of rotatable bonds is 7. The number of carbonyl (C=O) groups excluding carboxylic acids is 1. The molecule has 1 fully saturated rings. The first kappa shape index (κ1) is 24.3. The van der Waals surface area contributed by atoms with Gasteiger partial charge >= 0.3 is 11.9 Å². The lowest BCUT2D eigenvalue weighted by atomic mass is 9.86. The maximum absolute atomic E-state index is 12.3. The van der Waals surface area contributed by atoms with Gasteiger partial charge < -0.3 is 14.9 Å². The number of esters is 1. The lowest BCUT2D eigenvalue weighted by Gasteiger charge is -2.25. The first-order valence-electron chi connectivity index (χ1n) is 11.0. The van der Waals surface area contributed by atoms with Gasteiger partial charge in [-0.15, -0.1) is 11.8 Å². The molecule has 0 aromatic heterocycles. The first-order chi connectivity index (χ1) is 16.4. The monoisotopic (exact) mass is 496 g/mol. The lowest BCUT2D eigenvalue weighted by Crippen LogP contribution is -2.29. The van der Waals surface area contributed by atoms with E-state index in [-0.39, 0.29) is 5.25 Å². The Morgan fingerprint density at radius 1 is 0.971 bits per heavy atom. The number of methoxy groups -OCH3 is 1. The van der Waals surface area contributed by atoms with E-state index in [2.05, 4.69) is 0 Å². The van der Waals surface area contributed by atoms with Crippen LogP contribution in [-0.4, -0.2) is 34.5 Å². The molecule has 0 saturated heterocycles. The molecule has 4 rings (SSSR count). The predicted molar refractivity (Wildman–Crippen MR) is 133 cm³/mol. The van der Waals surface area contributed by atoms with Crippen LogP contribution in [-0.2, 0) is 9.53 Å². The summed E-state index contributed by atoms with van der Waals surface area (Å²) in [7, 11) is 1.32. The molecule has 0 heterocycles. The molecule has 4 atom stereocenters. The molecule has 1 aliphatic rings. The molecule has 2 N–H and O–H groups in total. The van der Waals surface area contributed by atoms with Crippen LogP contribution in [0.2, 0.25) is 5.02 Å². The molecule has 0 amide bonds. The molecule has 1 unspecified atom stereocenters. The van der Waals surface area contributed by atoms with Crippen LogP contribution in [0.1, 0.15) is 34.9 Å². The number of aliphatic hydroxyl groups excluding tert-OH is 1. The van der Waals surface area contributed by atoms with Crippen LogP contribution in [0.5, 0.6) is 0 Å². The van der Waals surface area contributed by atoms with Crippen molar-refractivity contribution in [1.82, 2.24) is 0 Å². The van der Waals surface area contributed by atoms with Gasteiger partial charge in [0.2, 0.25) is 0 Å². The quantitative estimate of drug-likeness (QED) is 0.384. The lowest BCUT2D eigenvalue weighted by molar-refractivity contribution is -0.144. The molecule has 0 spiro atoms. The van der Waals surface area contributed by atoms with Gasteiger partial charge in [-0.1, -0.05) is 60.1 Å². The van der Waals surface area contributed by atoms with Gasteiger partial charge in [-0.25, -0.2) is 4.79 Å². The number of ether oxygens (including phenoxy) is 1. The summed E-state index contributed by atoms with van der Waals surface area (Å²) >= 11 is 7.34. The largest absolute Gasteiger partial charge is 0.481 e. The SMILES string of the molecule is COC(=O)c1ccccc1S[C@@H]1CC[C@@H](C(O)c2ccc(-c3ccc(Cl)cc3)cc2)[C@H]1C(=O)O. The molecule has 34 heavy (non-hydrogen) atoms. The molecular formula is C27H25ClO5S. The number of aliphatic hydroxyl groups is 1. The number of benzene rings is 3. The van der Waals surface area contributed by atoms with Crippen molar-refractivity contribution in [2.75, 3.05) is 7.11 Å². The summed E-state index contributed by atoms with van der Waals surface area (Å²) in [6.45, 7) is 0. The van der Waals surface area contributed by atoms with E-state index in [0.717, 1.165) is 11.1 Å². The third-order valence-electron chi connectivity index (χ3n) is 6.34. The fourth-order valence-electron chi connectivity index (χ4n) is 4.59. The van der Waals surface area contributed by atoms with Crippen LogP contribution < -0.4 is 0 Å². The molecule has 0 bridgehead atoms. The summed E-state index contributed by atoms with van der Waals surface area (Å²) in [6, 6.07) is 22.1. The van der Waals surface area contributed by atoms with E-state index < -0.39 is 29.9 Å². The molecule has 176 valence electrons. The van der Waals surface area contributed by atoms with Crippen molar-refractivity contribution in [3.05, 3.63) is 88.9 Å². The molecule has 0 aliphatic heterocycles. The summed E-state index contributed by atoms with van der Waals surface area (Å²) in [5.41, 5.74) is 3.10. The zero-order valence-electron chi connectivity index (χ0n) is 18.6. The highest BCUT2D eigenvalue weighted by Gasteiger charge is 2.45. The topological polar surface area (TPSA) is 83.8 Å². The second-order valence-corrected chi connectivity index (χ2v) is 10.0. The Labute approximate surface area is 207 Å². The second-order valence-electron chi connectivity index (χ2n) is 8.32. The molecule has 5 nitrogen and oxygen atoms in total. The van der Waals surface area contributed by atoms with Crippen molar-refractivity contribution in [3.8, 4) is 11.1 Å². The molecule has 3 aromatic rings. The van der Waals surface area contributed by atoms with E-state index in [4.69, 9.17) is 16.3 Å². The standard InChI is InChI=1S/C27H25ClO5S/c1-33-27(32)20-4-2-3-5-22(20)34-23-15-14-21(24(23)26(30)31)25(29)18-8-6-16(7-9-18)17-10-12-19(28)13-11-17/h2-13,21,23-25,29H,14-15H2,1H3,(H,30,31)/t21-,23-,24-,25?/m1/s1.